The van der Waals surface area contributed by atoms with Crippen LogP contribution < -0.4 is 0 Å². The van der Waals surface area contributed by atoms with Gasteiger partial charge in [0, 0.05) is 23.6 Å². The Bertz CT molecular complexity index is 398. The molecule has 1 saturated carbocycles. The highest BCUT2D eigenvalue weighted by molar-refractivity contribution is 9.10. The van der Waals surface area contributed by atoms with Gasteiger partial charge in [-0.05, 0) is 42.9 Å². The van der Waals surface area contributed by atoms with Crippen LogP contribution in [0.3, 0.4) is 0 Å². The first-order valence-electron chi connectivity index (χ1n) is 7.18. The summed E-state index contributed by atoms with van der Waals surface area (Å²) in [6.07, 6.45) is 7.32. The molecule has 1 spiro atoms. The molecule has 2 heteroatoms. The van der Waals surface area contributed by atoms with E-state index in [2.05, 4.69) is 52.0 Å². The highest BCUT2D eigenvalue weighted by Gasteiger charge is 2.44. The Balaban J connectivity index is 1.62. The maximum absolute atomic E-state index is 3.51. The van der Waals surface area contributed by atoms with E-state index >= 15 is 0 Å². The molecule has 0 radical (unpaired) electrons. The third-order valence-corrected chi connectivity index (χ3v) is 5.42. The van der Waals surface area contributed by atoms with Crippen LogP contribution in [0.5, 0.6) is 0 Å². The minimum absolute atomic E-state index is 0.575. The molecule has 1 aromatic carbocycles. The molecule has 0 amide bonds. The standard InChI is InChI=1S/C16H22BrN/c1-13(14-5-7-15(17)8-6-14)18-11-16(12-18)9-3-2-4-10-16/h5-8,13H,2-4,9-12H2,1H3. The number of halogens is 1. The number of rotatable bonds is 2. The van der Waals surface area contributed by atoms with Crippen molar-refractivity contribution in [3.8, 4) is 0 Å². The molecule has 1 heterocycles. The molecular weight excluding hydrogens is 286 g/mol. The molecule has 2 fully saturated rings. The Labute approximate surface area is 119 Å². The van der Waals surface area contributed by atoms with Crippen LogP contribution in [-0.2, 0) is 0 Å². The zero-order valence-electron chi connectivity index (χ0n) is 11.2. The minimum atomic E-state index is 0.575. The normalized spacial score (nSPS) is 24.8. The molecule has 1 unspecified atom stereocenters. The maximum atomic E-state index is 3.51. The molecule has 3 rings (SSSR count). The Morgan fingerprint density at radius 1 is 1.06 bits per heavy atom. The van der Waals surface area contributed by atoms with E-state index in [4.69, 9.17) is 0 Å². The number of hydrogen-bond acceptors (Lipinski definition) is 1. The highest BCUT2D eigenvalue weighted by atomic mass is 79.9. The quantitative estimate of drug-likeness (QED) is 0.760. The van der Waals surface area contributed by atoms with Gasteiger partial charge in [0.05, 0.1) is 0 Å². The van der Waals surface area contributed by atoms with Crippen molar-refractivity contribution < 1.29 is 0 Å². The van der Waals surface area contributed by atoms with Crippen molar-refractivity contribution in [2.24, 2.45) is 5.41 Å². The summed E-state index contributed by atoms with van der Waals surface area (Å²) >= 11 is 3.51. The topological polar surface area (TPSA) is 3.24 Å². The Kier molecular flexibility index (Phi) is 3.50. The lowest BCUT2D eigenvalue weighted by molar-refractivity contribution is -0.0517. The fourth-order valence-corrected chi connectivity index (χ4v) is 3.92. The third kappa shape index (κ3) is 2.37. The first-order valence-corrected chi connectivity index (χ1v) is 7.97. The summed E-state index contributed by atoms with van der Waals surface area (Å²) in [5.41, 5.74) is 2.14. The molecule has 98 valence electrons. The van der Waals surface area contributed by atoms with E-state index in [1.54, 1.807) is 0 Å². The van der Waals surface area contributed by atoms with E-state index in [9.17, 15) is 0 Å². The SMILES string of the molecule is CC(c1ccc(Br)cc1)N1CC2(CCCCC2)C1. The lowest BCUT2D eigenvalue weighted by atomic mass is 9.68. The van der Waals surface area contributed by atoms with Crippen LogP contribution in [0.4, 0.5) is 0 Å². The molecule has 1 aliphatic carbocycles. The van der Waals surface area contributed by atoms with Crippen molar-refractivity contribution >= 4 is 15.9 Å². The largest absolute Gasteiger partial charge is 0.295 e. The second kappa shape index (κ2) is 4.97. The molecule has 0 aromatic heterocycles. The van der Waals surface area contributed by atoms with Crippen LogP contribution >= 0.6 is 15.9 Å². The molecular formula is C16H22BrN. The van der Waals surface area contributed by atoms with Gasteiger partial charge in [-0.3, -0.25) is 4.90 Å². The molecule has 2 aliphatic rings. The van der Waals surface area contributed by atoms with Crippen LogP contribution in [-0.4, -0.2) is 18.0 Å². The fourth-order valence-electron chi connectivity index (χ4n) is 3.66. The summed E-state index contributed by atoms with van der Waals surface area (Å²) in [7, 11) is 0. The van der Waals surface area contributed by atoms with Crippen molar-refractivity contribution in [2.75, 3.05) is 13.1 Å². The van der Waals surface area contributed by atoms with Gasteiger partial charge in [0.15, 0.2) is 0 Å². The lowest BCUT2D eigenvalue weighted by Gasteiger charge is -2.55. The van der Waals surface area contributed by atoms with E-state index in [-0.39, 0.29) is 0 Å². The number of hydrogen-bond donors (Lipinski definition) is 0. The van der Waals surface area contributed by atoms with Crippen molar-refractivity contribution in [2.45, 2.75) is 45.1 Å². The molecule has 0 bridgehead atoms. The van der Waals surface area contributed by atoms with Gasteiger partial charge >= 0.3 is 0 Å². The highest BCUT2D eigenvalue weighted by Crippen LogP contribution is 2.46. The Morgan fingerprint density at radius 3 is 2.28 bits per heavy atom. The van der Waals surface area contributed by atoms with Gasteiger partial charge < -0.3 is 0 Å². The fraction of sp³-hybridized carbons (Fsp3) is 0.625. The first kappa shape index (κ1) is 12.7. The van der Waals surface area contributed by atoms with E-state index < -0.39 is 0 Å². The van der Waals surface area contributed by atoms with Crippen LogP contribution in [0.1, 0.15) is 50.6 Å². The van der Waals surface area contributed by atoms with Crippen LogP contribution in [0.25, 0.3) is 0 Å². The first-order chi connectivity index (χ1) is 8.69. The van der Waals surface area contributed by atoms with Gasteiger partial charge in [-0.25, -0.2) is 0 Å². The van der Waals surface area contributed by atoms with E-state index in [0.29, 0.717) is 11.5 Å². The van der Waals surface area contributed by atoms with Gasteiger partial charge in [-0.1, -0.05) is 47.3 Å². The summed E-state index contributed by atoms with van der Waals surface area (Å²) < 4.78 is 1.17. The molecule has 0 N–H and O–H groups in total. The summed E-state index contributed by atoms with van der Waals surface area (Å²) in [4.78, 5) is 2.65. The molecule has 1 aromatic rings. The van der Waals surface area contributed by atoms with Crippen molar-refractivity contribution in [3.63, 3.8) is 0 Å². The summed E-state index contributed by atoms with van der Waals surface area (Å²) in [5, 5.41) is 0. The molecule has 1 aliphatic heterocycles. The van der Waals surface area contributed by atoms with Crippen LogP contribution in [0, 0.1) is 5.41 Å². The minimum Gasteiger partial charge on any atom is -0.295 e. The smallest absolute Gasteiger partial charge is 0.0320 e. The average Bonchev–Trinajstić information content (AvgIpc) is 2.37. The van der Waals surface area contributed by atoms with Crippen molar-refractivity contribution in [1.29, 1.82) is 0 Å². The summed E-state index contributed by atoms with van der Waals surface area (Å²) in [6.45, 7) is 4.99. The van der Waals surface area contributed by atoms with E-state index in [1.807, 2.05) is 0 Å². The van der Waals surface area contributed by atoms with Crippen molar-refractivity contribution in [3.05, 3.63) is 34.3 Å². The second-order valence-corrected chi connectivity index (χ2v) is 7.11. The van der Waals surface area contributed by atoms with Gasteiger partial charge in [0.2, 0.25) is 0 Å². The van der Waals surface area contributed by atoms with E-state index in [1.165, 1.54) is 55.2 Å². The maximum Gasteiger partial charge on any atom is 0.0320 e. The zero-order valence-corrected chi connectivity index (χ0v) is 12.7. The predicted octanol–water partition coefficient (Wildman–Crippen LogP) is 4.78. The number of benzene rings is 1. The van der Waals surface area contributed by atoms with Gasteiger partial charge in [-0.15, -0.1) is 0 Å². The van der Waals surface area contributed by atoms with Gasteiger partial charge in [0.25, 0.3) is 0 Å². The van der Waals surface area contributed by atoms with Crippen LogP contribution in [0.2, 0.25) is 0 Å². The molecule has 1 saturated heterocycles. The third-order valence-electron chi connectivity index (χ3n) is 4.89. The Morgan fingerprint density at radius 2 is 1.67 bits per heavy atom. The van der Waals surface area contributed by atoms with E-state index in [0.717, 1.165) is 0 Å². The summed E-state index contributed by atoms with van der Waals surface area (Å²) in [5.74, 6) is 0. The van der Waals surface area contributed by atoms with Gasteiger partial charge in [-0.2, -0.15) is 0 Å². The lowest BCUT2D eigenvalue weighted by Crippen LogP contribution is -2.57. The Hall–Kier alpha value is -0.340. The monoisotopic (exact) mass is 307 g/mol. The molecule has 1 nitrogen and oxygen atoms in total. The number of nitrogens with zero attached hydrogens (tertiary/aromatic N) is 1. The second-order valence-electron chi connectivity index (χ2n) is 6.19. The van der Waals surface area contributed by atoms with Crippen LogP contribution in [0.15, 0.2) is 28.7 Å². The number of likely N-dealkylation sites (tertiary alicyclic amines) is 1. The molecule has 18 heavy (non-hydrogen) atoms. The average molecular weight is 308 g/mol. The zero-order chi connectivity index (χ0) is 12.6. The molecule has 1 atom stereocenters. The van der Waals surface area contributed by atoms with Crippen molar-refractivity contribution in [1.82, 2.24) is 4.90 Å². The summed E-state index contributed by atoms with van der Waals surface area (Å²) in [6, 6.07) is 9.39. The predicted molar refractivity (Wildman–Crippen MR) is 79.6 cm³/mol. The van der Waals surface area contributed by atoms with Gasteiger partial charge in [0.1, 0.15) is 0 Å².